The van der Waals surface area contributed by atoms with Crippen LogP contribution in [0.2, 0.25) is 0 Å². The molecule has 0 amide bonds. The second-order valence-electron chi connectivity index (χ2n) is 4.93. The fourth-order valence-corrected chi connectivity index (χ4v) is 1.77. The molecule has 3 nitrogen and oxygen atoms in total. The summed E-state index contributed by atoms with van der Waals surface area (Å²) in [5.41, 5.74) is 2.42. The second kappa shape index (κ2) is 6.43. The lowest BCUT2D eigenvalue weighted by atomic mass is 10.2. The van der Waals surface area contributed by atoms with Crippen LogP contribution in [0, 0.1) is 13.8 Å². The Morgan fingerprint density at radius 3 is 2.53 bits per heavy atom. The first-order chi connectivity index (χ1) is 9.15. The van der Waals surface area contributed by atoms with Crippen molar-refractivity contribution in [2.24, 2.45) is 0 Å². The summed E-state index contributed by atoms with van der Waals surface area (Å²) in [7, 11) is 0. The Labute approximate surface area is 114 Å². The summed E-state index contributed by atoms with van der Waals surface area (Å²) in [6, 6.07) is 10.4. The topological polar surface area (TPSA) is 34.4 Å². The highest BCUT2D eigenvalue weighted by Gasteiger charge is 2.06. The maximum absolute atomic E-state index is 5.73. The lowest BCUT2D eigenvalue weighted by Gasteiger charge is -2.14. The van der Waals surface area contributed by atoms with Crippen LogP contribution in [-0.4, -0.2) is 12.6 Å². The molecule has 1 N–H and O–H groups in total. The number of nitrogens with one attached hydrogen (secondary N) is 1. The number of furan rings is 1. The quantitative estimate of drug-likeness (QED) is 0.862. The van der Waals surface area contributed by atoms with Gasteiger partial charge in [-0.05, 0) is 44.5 Å². The third-order valence-electron chi connectivity index (χ3n) is 3.10. The highest BCUT2D eigenvalue weighted by molar-refractivity contribution is 5.26. The molecule has 0 aliphatic carbocycles. The molecule has 102 valence electrons. The summed E-state index contributed by atoms with van der Waals surface area (Å²) in [4.78, 5) is 0. The van der Waals surface area contributed by atoms with Gasteiger partial charge < -0.3 is 14.5 Å². The molecule has 0 fully saturated rings. The van der Waals surface area contributed by atoms with E-state index < -0.39 is 0 Å². The number of hydrogen-bond acceptors (Lipinski definition) is 3. The molecule has 2 aromatic rings. The van der Waals surface area contributed by atoms with Crippen LogP contribution in [-0.2, 0) is 6.54 Å². The van der Waals surface area contributed by atoms with E-state index in [0.29, 0.717) is 6.61 Å². The van der Waals surface area contributed by atoms with Gasteiger partial charge in [0.1, 0.15) is 18.1 Å². The Morgan fingerprint density at radius 2 is 1.89 bits per heavy atom. The molecule has 1 aromatic carbocycles. The van der Waals surface area contributed by atoms with E-state index in [2.05, 4.69) is 31.3 Å². The molecule has 0 bridgehead atoms. The van der Waals surface area contributed by atoms with Crippen molar-refractivity contribution in [2.45, 2.75) is 33.4 Å². The summed E-state index contributed by atoms with van der Waals surface area (Å²) < 4.78 is 11.1. The van der Waals surface area contributed by atoms with E-state index in [4.69, 9.17) is 9.15 Å². The maximum Gasteiger partial charge on any atom is 0.120 e. The Morgan fingerprint density at radius 1 is 1.16 bits per heavy atom. The highest BCUT2D eigenvalue weighted by Crippen LogP contribution is 2.12. The molecule has 3 heteroatoms. The van der Waals surface area contributed by atoms with Gasteiger partial charge in [-0.25, -0.2) is 0 Å². The molecule has 0 aliphatic rings. The molecule has 1 atom stereocenters. The van der Waals surface area contributed by atoms with Gasteiger partial charge in [0, 0.05) is 6.04 Å². The zero-order valence-corrected chi connectivity index (χ0v) is 11.8. The number of hydrogen-bond donors (Lipinski definition) is 1. The van der Waals surface area contributed by atoms with Crippen LogP contribution >= 0.6 is 0 Å². The summed E-state index contributed by atoms with van der Waals surface area (Å²) in [6.45, 7) is 7.60. The minimum atomic E-state index is 0.269. The summed E-state index contributed by atoms with van der Waals surface area (Å²) in [5, 5.41) is 3.39. The highest BCUT2D eigenvalue weighted by atomic mass is 16.5. The summed E-state index contributed by atoms with van der Waals surface area (Å²) in [6.07, 6.45) is 1.72. The van der Waals surface area contributed by atoms with Gasteiger partial charge in [-0.1, -0.05) is 17.7 Å². The molecule has 0 radical (unpaired) electrons. The van der Waals surface area contributed by atoms with Crippen LogP contribution in [0.25, 0.3) is 0 Å². The van der Waals surface area contributed by atoms with E-state index in [1.807, 2.05) is 25.1 Å². The zero-order chi connectivity index (χ0) is 13.7. The van der Waals surface area contributed by atoms with E-state index in [1.165, 1.54) is 11.1 Å². The minimum Gasteiger partial charge on any atom is -0.492 e. The van der Waals surface area contributed by atoms with Crippen molar-refractivity contribution >= 4 is 0 Å². The van der Waals surface area contributed by atoms with Gasteiger partial charge in [-0.3, -0.25) is 0 Å². The van der Waals surface area contributed by atoms with Crippen molar-refractivity contribution < 1.29 is 9.15 Å². The van der Waals surface area contributed by atoms with Crippen molar-refractivity contribution in [1.29, 1.82) is 0 Å². The van der Waals surface area contributed by atoms with Crippen molar-refractivity contribution in [1.82, 2.24) is 5.32 Å². The van der Waals surface area contributed by atoms with E-state index in [-0.39, 0.29) is 6.04 Å². The lowest BCUT2D eigenvalue weighted by molar-refractivity contribution is 0.269. The molecular weight excluding hydrogens is 238 g/mol. The molecule has 2 rings (SSSR count). The molecule has 1 unspecified atom stereocenters. The summed E-state index contributed by atoms with van der Waals surface area (Å²) in [5.74, 6) is 1.90. The van der Waals surface area contributed by atoms with Gasteiger partial charge in [0.15, 0.2) is 0 Å². The SMILES string of the molecule is Cc1ccc(OCC(C)NCc2occc2C)cc1. The van der Waals surface area contributed by atoms with Crippen LogP contribution in [0.15, 0.2) is 41.0 Å². The average molecular weight is 259 g/mol. The van der Waals surface area contributed by atoms with E-state index in [0.717, 1.165) is 18.1 Å². The van der Waals surface area contributed by atoms with Gasteiger partial charge in [0.05, 0.1) is 12.8 Å². The van der Waals surface area contributed by atoms with Crippen LogP contribution in [0.5, 0.6) is 5.75 Å². The van der Waals surface area contributed by atoms with Gasteiger partial charge in [0.25, 0.3) is 0 Å². The molecule has 0 saturated heterocycles. The normalized spacial score (nSPS) is 12.4. The molecular formula is C16H21NO2. The molecule has 0 aliphatic heterocycles. The second-order valence-corrected chi connectivity index (χ2v) is 4.93. The van der Waals surface area contributed by atoms with Gasteiger partial charge >= 0.3 is 0 Å². The zero-order valence-electron chi connectivity index (χ0n) is 11.8. The Kier molecular flexibility index (Phi) is 4.63. The lowest BCUT2D eigenvalue weighted by Crippen LogP contribution is -2.31. The van der Waals surface area contributed by atoms with Crippen molar-refractivity contribution in [3.63, 3.8) is 0 Å². The largest absolute Gasteiger partial charge is 0.492 e. The van der Waals surface area contributed by atoms with Crippen molar-refractivity contribution in [2.75, 3.05) is 6.61 Å². The first-order valence-electron chi connectivity index (χ1n) is 6.61. The third-order valence-corrected chi connectivity index (χ3v) is 3.10. The molecule has 19 heavy (non-hydrogen) atoms. The minimum absolute atomic E-state index is 0.269. The van der Waals surface area contributed by atoms with Crippen molar-refractivity contribution in [3.05, 3.63) is 53.5 Å². The van der Waals surface area contributed by atoms with Crippen molar-refractivity contribution in [3.8, 4) is 5.75 Å². The molecule has 1 heterocycles. The van der Waals surface area contributed by atoms with Gasteiger partial charge in [0.2, 0.25) is 0 Å². The number of rotatable bonds is 6. The Bertz CT molecular complexity index is 502. The average Bonchev–Trinajstić information content (AvgIpc) is 2.81. The standard InChI is InChI=1S/C16H21NO2/c1-12-4-6-15(7-5-12)19-11-14(3)17-10-16-13(2)8-9-18-16/h4-9,14,17H,10-11H2,1-3H3. The third kappa shape index (κ3) is 4.14. The van der Waals surface area contributed by atoms with E-state index >= 15 is 0 Å². The van der Waals surface area contributed by atoms with Crippen LogP contribution in [0.3, 0.4) is 0 Å². The van der Waals surface area contributed by atoms with Crippen LogP contribution in [0.4, 0.5) is 0 Å². The fraction of sp³-hybridized carbons (Fsp3) is 0.375. The van der Waals surface area contributed by atoms with Gasteiger partial charge in [-0.15, -0.1) is 0 Å². The Balaban J connectivity index is 1.74. The number of aryl methyl sites for hydroxylation is 2. The number of ether oxygens (including phenoxy) is 1. The molecule has 0 spiro atoms. The van der Waals surface area contributed by atoms with E-state index in [1.54, 1.807) is 6.26 Å². The van der Waals surface area contributed by atoms with E-state index in [9.17, 15) is 0 Å². The first kappa shape index (κ1) is 13.7. The predicted molar refractivity (Wildman–Crippen MR) is 76.4 cm³/mol. The molecule has 0 saturated carbocycles. The molecule has 1 aromatic heterocycles. The monoisotopic (exact) mass is 259 g/mol. The number of benzene rings is 1. The first-order valence-corrected chi connectivity index (χ1v) is 6.61. The Hall–Kier alpha value is -1.74. The van der Waals surface area contributed by atoms with Gasteiger partial charge in [-0.2, -0.15) is 0 Å². The van der Waals surface area contributed by atoms with Crippen LogP contribution < -0.4 is 10.1 Å². The smallest absolute Gasteiger partial charge is 0.120 e. The summed E-state index contributed by atoms with van der Waals surface area (Å²) >= 11 is 0. The predicted octanol–water partition coefficient (Wildman–Crippen LogP) is 3.45. The maximum atomic E-state index is 5.73. The van der Waals surface area contributed by atoms with Crippen LogP contribution in [0.1, 0.15) is 23.8 Å². The fourth-order valence-electron chi connectivity index (χ4n) is 1.77.